The maximum Gasteiger partial charge on any atom is 0.217 e. The summed E-state index contributed by atoms with van der Waals surface area (Å²) in [5.41, 5.74) is 5.32. The lowest BCUT2D eigenvalue weighted by molar-refractivity contribution is 0.0622. The largest absolute Gasteiger partial charge is 0.372 e. The van der Waals surface area contributed by atoms with Crippen molar-refractivity contribution in [3.63, 3.8) is 0 Å². The average molecular weight is 221 g/mol. The molecule has 2 N–H and O–H groups in total. The molecule has 0 amide bonds. The highest BCUT2D eigenvalue weighted by atomic mass is 35.6. The fraction of sp³-hybridized carbons (Fsp3) is 1.00. The van der Waals surface area contributed by atoms with Crippen LogP contribution in [0.15, 0.2) is 0 Å². The van der Waals surface area contributed by atoms with Gasteiger partial charge in [0.05, 0.1) is 0 Å². The van der Waals surface area contributed by atoms with E-state index in [9.17, 15) is 0 Å². The molecule has 0 aromatic carbocycles. The van der Waals surface area contributed by atoms with E-state index in [0.29, 0.717) is 6.61 Å². The lowest BCUT2D eigenvalue weighted by atomic mass is 10.4. The minimum atomic E-state index is -1.41. The predicted octanol–water partition coefficient (Wildman–Crippen LogP) is 2.11. The topological polar surface area (TPSA) is 35.2 Å². The molecule has 0 heterocycles. The van der Waals surface area contributed by atoms with Gasteiger partial charge in [0.25, 0.3) is 0 Å². The number of ether oxygens (including phenoxy) is 1. The van der Waals surface area contributed by atoms with E-state index in [1.807, 2.05) is 6.92 Å². The summed E-state index contributed by atoms with van der Waals surface area (Å²) < 4.78 is 3.77. The Morgan fingerprint density at radius 1 is 1.45 bits per heavy atom. The van der Waals surface area contributed by atoms with Crippen LogP contribution in [0.25, 0.3) is 0 Å². The Bertz CT molecular complexity index is 104. The number of alkyl halides is 3. The molecule has 68 valence electrons. The van der Waals surface area contributed by atoms with Gasteiger partial charge in [-0.1, -0.05) is 41.7 Å². The van der Waals surface area contributed by atoms with E-state index in [1.165, 1.54) is 0 Å². The van der Waals surface area contributed by atoms with Crippen molar-refractivity contribution in [1.82, 2.24) is 0 Å². The standard InChI is InChI=1S/C6H12Cl3NO/c1-2-3-11-5(4-10)6(7,8)9/h5H,2-4,10H2,1H3/t5-/m0/s1. The van der Waals surface area contributed by atoms with Crippen LogP contribution < -0.4 is 5.73 Å². The van der Waals surface area contributed by atoms with Gasteiger partial charge in [0.2, 0.25) is 3.79 Å². The van der Waals surface area contributed by atoms with Crippen LogP contribution in [0.1, 0.15) is 13.3 Å². The van der Waals surface area contributed by atoms with E-state index in [0.717, 1.165) is 6.42 Å². The number of halogens is 3. The van der Waals surface area contributed by atoms with Gasteiger partial charge in [-0.2, -0.15) is 0 Å². The average Bonchev–Trinajstić information content (AvgIpc) is 1.87. The van der Waals surface area contributed by atoms with Gasteiger partial charge in [-0.3, -0.25) is 0 Å². The second-order valence-electron chi connectivity index (χ2n) is 2.14. The second-order valence-corrected chi connectivity index (χ2v) is 4.51. The Hall–Kier alpha value is 0.790. The third-order valence-corrected chi connectivity index (χ3v) is 1.83. The summed E-state index contributed by atoms with van der Waals surface area (Å²) in [5, 5.41) is 0. The van der Waals surface area contributed by atoms with Gasteiger partial charge in [0, 0.05) is 13.2 Å². The van der Waals surface area contributed by atoms with Crippen molar-refractivity contribution in [2.75, 3.05) is 13.2 Å². The predicted molar refractivity (Wildman–Crippen MR) is 49.4 cm³/mol. The van der Waals surface area contributed by atoms with Crippen molar-refractivity contribution in [2.45, 2.75) is 23.2 Å². The molecule has 5 heteroatoms. The minimum Gasteiger partial charge on any atom is -0.372 e. The van der Waals surface area contributed by atoms with Gasteiger partial charge < -0.3 is 10.5 Å². The number of hydrogen-bond donors (Lipinski definition) is 1. The molecule has 0 saturated carbocycles. The van der Waals surface area contributed by atoms with Crippen molar-refractivity contribution in [2.24, 2.45) is 5.73 Å². The lowest BCUT2D eigenvalue weighted by Crippen LogP contribution is -2.36. The molecule has 0 saturated heterocycles. The van der Waals surface area contributed by atoms with Crippen molar-refractivity contribution in [1.29, 1.82) is 0 Å². The summed E-state index contributed by atoms with van der Waals surface area (Å²) in [4.78, 5) is 0. The zero-order chi connectivity index (χ0) is 8.91. The van der Waals surface area contributed by atoms with Crippen molar-refractivity contribution in [3.05, 3.63) is 0 Å². The van der Waals surface area contributed by atoms with Crippen LogP contribution in [-0.4, -0.2) is 23.0 Å². The molecule has 0 aliphatic rings. The minimum absolute atomic E-state index is 0.219. The molecule has 0 unspecified atom stereocenters. The molecule has 0 aromatic heterocycles. The highest BCUT2D eigenvalue weighted by Crippen LogP contribution is 2.31. The molecule has 0 radical (unpaired) electrons. The van der Waals surface area contributed by atoms with Gasteiger partial charge in [-0.25, -0.2) is 0 Å². The van der Waals surface area contributed by atoms with Crippen molar-refractivity contribution >= 4 is 34.8 Å². The SMILES string of the molecule is CCCO[C@@H](CN)C(Cl)(Cl)Cl. The van der Waals surface area contributed by atoms with Gasteiger partial charge in [0.1, 0.15) is 6.10 Å². The molecular weight excluding hydrogens is 208 g/mol. The Morgan fingerprint density at radius 2 is 2.00 bits per heavy atom. The van der Waals surface area contributed by atoms with Gasteiger partial charge in [-0.05, 0) is 6.42 Å². The summed E-state index contributed by atoms with van der Waals surface area (Å²) in [6.45, 7) is 2.76. The molecule has 2 nitrogen and oxygen atoms in total. The summed E-state index contributed by atoms with van der Waals surface area (Å²) in [6, 6.07) is 0. The van der Waals surface area contributed by atoms with Crippen molar-refractivity contribution in [3.8, 4) is 0 Å². The van der Waals surface area contributed by atoms with Crippen molar-refractivity contribution < 1.29 is 4.74 Å². The molecule has 0 bridgehead atoms. The van der Waals surface area contributed by atoms with Gasteiger partial charge >= 0.3 is 0 Å². The highest BCUT2D eigenvalue weighted by molar-refractivity contribution is 6.68. The quantitative estimate of drug-likeness (QED) is 0.737. The smallest absolute Gasteiger partial charge is 0.217 e. The molecule has 1 atom stereocenters. The first-order chi connectivity index (χ1) is 5.02. The molecule has 0 aromatic rings. The van der Waals surface area contributed by atoms with Crippen LogP contribution in [-0.2, 0) is 4.74 Å². The zero-order valence-corrected chi connectivity index (χ0v) is 8.59. The van der Waals surface area contributed by atoms with E-state index in [1.54, 1.807) is 0 Å². The van der Waals surface area contributed by atoms with Crippen LogP contribution in [0.5, 0.6) is 0 Å². The molecule has 0 spiro atoms. The molecule has 0 fully saturated rings. The Morgan fingerprint density at radius 3 is 2.27 bits per heavy atom. The maximum absolute atomic E-state index is 5.56. The Labute approximate surface area is 81.9 Å². The third kappa shape index (κ3) is 5.10. The number of hydrogen-bond acceptors (Lipinski definition) is 2. The number of nitrogens with two attached hydrogens (primary N) is 1. The maximum atomic E-state index is 5.56. The number of rotatable bonds is 4. The van der Waals surface area contributed by atoms with Crippen LogP contribution in [0, 0.1) is 0 Å². The monoisotopic (exact) mass is 219 g/mol. The van der Waals surface area contributed by atoms with E-state index >= 15 is 0 Å². The Balaban J connectivity index is 3.76. The fourth-order valence-electron chi connectivity index (χ4n) is 0.556. The molecule has 0 rings (SSSR count). The summed E-state index contributed by atoms with van der Waals surface area (Å²) in [7, 11) is 0. The van der Waals surface area contributed by atoms with Crippen LogP contribution >= 0.6 is 34.8 Å². The van der Waals surface area contributed by atoms with E-state index in [4.69, 9.17) is 45.3 Å². The first kappa shape index (κ1) is 11.8. The molecular formula is C6H12Cl3NO. The molecule has 0 aliphatic carbocycles. The van der Waals surface area contributed by atoms with E-state index in [-0.39, 0.29) is 6.54 Å². The van der Waals surface area contributed by atoms with Crippen LogP contribution in [0.2, 0.25) is 0 Å². The summed E-state index contributed by atoms with van der Waals surface area (Å²) in [5.74, 6) is 0. The summed E-state index contributed by atoms with van der Waals surface area (Å²) in [6.07, 6.45) is 0.379. The summed E-state index contributed by atoms with van der Waals surface area (Å²) >= 11 is 16.7. The van der Waals surface area contributed by atoms with E-state index in [2.05, 4.69) is 0 Å². The first-order valence-electron chi connectivity index (χ1n) is 3.40. The van der Waals surface area contributed by atoms with Gasteiger partial charge in [0.15, 0.2) is 0 Å². The molecule has 11 heavy (non-hydrogen) atoms. The van der Waals surface area contributed by atoms with Crippen LogP contribution in [0.4, 0.5) is 0 Å². The first-order valence-corrected chi connectivity index (χ1v) is 4.54. The lowest BCUT2D eigenvalue weighted by Gasteiger charge is -2.22. The van der Waals surface area contributed by atoms with Crippen LogP contribution in [0.3, 0.4) is 0 Å². The Kier molecular flexibility index (Phi) is 5.83. The third-order valence-electron chi connectivity index (χ3n) is 1.10. The zero-order valence-electron chi connectivity index (χ0n) is 6.32. The van der Waals surface area contributed by atoms with E-state index < -0.39 is 9.90 Å². The molecule has 0 aliphatic heterocycles. The normalized spacial score (nSPS) is 15.0. The highest BCUT2D eigenvalue weighted by Gasteiger charge is 2.31. The van der Waals surface area contributed by atoms with Gasteiger partial charge in [-0.15, -0.1) is 0 Å². The second kappa shape index (κ2) is 5.44. The fourth-order valence-corrected chi connectivity index (χ4v) is 1.01.